The van der Waals surface area contributed by atoms with Crippen LogP contribution < -0.4 is 19.3 Å². The number of rotatable bonds is 5. The largest absolute Gasteiger partial charge is 0.481 e. The van der Waals surface area contributed by atoms with Crippen LogP contribution in [0.4, 0.5) is 24.9 Å². The van der Waals surface area contributed by atoms with E-state index in [0.29, 0.717) is 18.2 Å². The van der Waals surface area contributed by atoms with E-state index in [2.05, 4.69) is 19.9 Å². The summed E-state index contributed by atoms with van der Waals surface area (Å²) in [7, 11) is 4.67. The predicted octanol–water partition coefficient (Wildman–Crippen LogP) is 2.41. The van der Waals surface area contributed by atoms with Gasteiger partial charge in [0, 0.05) is 38.4 Å². The van der Waals surface area contributed by atoms with E-state index in [0.717, 1.165) is 31.6 Å². The van der Waals surface area contributed by atoms with Gasteiger partial charge in [-0.1, -0.05) is 0 Å². The summed E-state index contributed by atoms with van der Waals surface area (Å²) in [6, 6.07) is 2.67. The molecule has 3 heterocycles. The minimum atomic E-state index is -4.51. The van der Waals surface area contributed by atoms with E-state index in [4.69, 9.17) is 9.47 Å². The van der Waals surface area contributed by atoms with Gasteiger partial charge in [0.15, 0.2) is 0 Å². The zero-order valence-corrected chi connectivity index (χ0v) is 15.8. The van der Waals surface area contributed by atoms with Gasteiger partial charge in [0.2, 0.25) is 11.8 Å². The van der Waals surface area contributed by atoms with Crippen molar-refractivity contribution in [1.29, 1.82) is 0 Å². The Hall–Kier alpha value is -2.85. The molecule has 11 heteroatoms. The topological polar surface area (TPSA) is 76.5 Å². The first-order chi connectivity index (χ1) is 13.3. The molecule has 0 amide bonds. The quantitative estimate of drug-likeness (QED) is 0.760. The Morgan fingerprint density at radius 3 is 2.64 bits per heavy atom. The zero-order valence-electron chi connectivity index (χ0n) is 15.8. The van der Waals surface area contributed by atoms with E-state index < -0.39 is 11.9 Å². The van der Waals surface area contributed by atoms with Crippen LogP contribution in [0.2, 0.25) is 0 Å². The third-order valence-electron chi connectivity index (χ3n) is 4.58. The van der Waals surface area contributed by atoms with Crippen LogP contribution in [0.25, 0.3) is 0 Å². The number of hydrogen-bond donors (Lipinski definition) is 0. The van der Waals surface area contributed by atoms with Gasteiger partial charge in [-0.15, -0.1) is 0 Å². The minimum Gasteiger partial charge on any atom is -0.481 e. The molecule has 1 saturated heterocycles. The fourth-order valence-electron chi connectivity index (χ4n) is 3.07. The fraction of sp³-hybridized carbons (Fsp3) is 0.529. The first-order valence-corrected chi connectivity index (χ1v) is 8.67. The molecule has 0 N–H and O–H groups in total. The Morgan fingerprint density at radius 2 is 1.96 bits per heavy atom. The fourth-order valence-corrected chi connectivity index (χ4v) is 3.07. The van der Waals surface area contributed by atoms with Gasteiger partial charge in [0.1, 0.15) is 11.5 Å². The van der Waals surface area contributed by atoms with E-state index in [1.807, 2.05) is 4.90 Å². The Balaban J connectivity index is 1.80. The van der Waals surface area contributed by atoms with Gasteiger partial charge in [-0.25, -0.2) is 9.97 Å². The number of hydrogen-bond acceptors (Lipinski definition) is 8. The lowest BCUT2D eigenvalue weighted by molar-refractivity contribution is -0.141. The lowest BCUT2D eigenvalue weighted by Gasteiger charge is -2.38. The number of likely N-dealkylation sites (N-methyl/N-ethyl adjacent to an activating group) is 1. The summed E-state index contributed by atoms with van der Waals surface area (Å²) in [5.74, 6) is 1.05. The van der Waals surface area contributed by atoms with Gasteiger partial charge in [0.05, 0.1) is 14.2 Å². The van der Waals surface area contributed by atoms with Gasteiger partial charge < -0.3 is 19.3 Å². The molecule has 152 valence electrons. The monoisotopic (exact) mass is 398 g/mol. The molecular weight excluding hydrogens is 377 g/mol. The summed E-state index contributed by atoms with van der Waals surface area (Å²) in [6.45, 7) is 1.29. The van der Waals surface area contributed by atoms with E-state index in [-0.39, 0.29) is 18.0 Å². The summed E-state index contributed by atoms with van der Waals surface area (Å²) in [4.78, 5) is 19.8. The van der Waals surface area contributed by atoms with Gasteiger partial charge in [-0.05, 0) is 18.9 Å². The van der Waals surface area contributed by atoms with Crippen LogP contribution in [-0.4, -0.2) is 60.3 Å². The molecule has 8 nitrogen and oxygen atoms in total. The Morgan fingerprint density at radius 1 is 1.18 bits per heavy atom. The highest BCUT2D eigenvalue weighted by atomic mass is 19.4. The maximum absolute atomic E-state index is 12.9. The second-order valence-corrected chi connectivity index (χ2v) is 6.35. The van der Waals surface area contributed by atoms with Gasteiger partial charge >= 0.3 is 12.2 Å². The third kappa shape index (κ3) is 4.34. The lowest BCUT2D eigenvalue weighted by atomic mass is 10.0. The zero-order chi connectivity index (χ0) is 20.3. The summed E-state index contributed by atoms with van der Waals surface area (Å²) in [5, 5.41) is 0. The SMILES string of the molecule is COc1cc(N2CCCC(N(C)c3nccc(C(F)(F)F)n3)C2)nc(OC)n1. The Bertz CT molecular complexity index is 797. The van der Waals surface area contributed by atoms with Crippen LogP contribution in [-0.2, 0) is 6.18 Å². The van der Waals surface area contributed by atoms with E-state index >= 15 is 0 Å². The van der Waals surface area contributed by atoms with Gasteiger partial charge in [0.25, 0.3) is 0 Å². The predicted molar refractivity (Wildman–Crippen MR) is 95.8 cm³/mol. The molecule has 1 unspecified atom stereocenters. The smallest absolute Gasteiger partial charge is 0.433 e. The van der Waals surface area contributed by atoms with Crippen molar-refractivity contribution in [3.05, 3.63) is 24.0 Å². The standard InChI is InChI=1S/C17H21F3N6O2/c1-25(15-21-7-6-12(22-15)17(18,19)20)11-5-4-8-26(10-11)13-9-14(27-2)24-16(23-13)28-3/h6-7,9,11H,4-5,8,10H2,1-3H3. The van der Waals surface area contributed by atoms with Crippen molar-refractivity contribution in [2.24, 2.45) is 0 Å². The van der Waals surface area contributed by atoms with Crippen molar-refractivity contribution in [1.82, 2.24) is 19.9 Å². The van der Waals surface area contributed by atoms with Crippen molar-refractivity contribution >= 4 is 11.8 Å². The molecule has 1 atom stereocenters. The van der Waals surface area contributed by atoms with Crippen LogP contribution in [0.15, 0.2) is 18.3 Å². The molecule has 0 saturated carbocycles. The molecule has 0 bridgehead atoms. The van der Waals surface area contributed by atoms with Crippen LogP contribution in [0.3, 0.4) is 0 Å². The number of anilines is 2. The molecule has 1 aliphatic rings. The number of ether oxygens (including phenoxy) is 2. The maximum atomic E-state index is 12.9. The number of piperidine rings is 1. The summed E-state index contributed by atoms with van der Waals surface area (Å²) < 4.78 is 49.1. The lowest BCUT2D eigenvalue weighted by Crippen LogP contribution is -2.47. The van der Waals surface area contributed by atoms with Crippen LogP contribution >= 0.6 is 0 Å². The van der Waals surface area contributed by atoms with E-state index in [1.54, 1.807) is 18.0 Å². The normalized spacial score (nSPS) is 17.4. The molecule has 0 aromatic carbocycles. The molecular formula is C17H21F3N6O2. The highest BCUT2D eigenvalue weighted by Crippen LogP contribution is 2.29. The summed E-state index contributed by atoms with van der Waals surface area (Å²) >= 11 is 0. The summed E-state index contributed by atoms with van der Waals surface area (Å²) in [5.41, 5.74) is -0.956. The maximum Gasteiger partial charge on any atom is 0.433 e. The molecule has 0 spiro atoms. The van der Waals surface area contributed by atoms with Crippen LogP contribution in [0.5, 0.6) is 11.9 Å². The third-order valence-corrected chi connectivity index (χ3v) is 4.58. The molecule has 2 aromatic heterocycles. The van der Waals surface area contributed by atoms with Gasteiger partial charge in [-0.3, -0.25) is 0 Å². The van der Waals surface area contributed by atoms with E-state index in [1.165, 1.54) is 14.2 Å². The van der Waals surface area contributed by atoms with Gasteiger partial charge in [-0.2, -0.15) is 23.1 Å². The van der Waals surface area contributed by atoms with Crippen molar-refractivity contribution < 1.29 is 22.6 Å². The highest BCUT2D eigenvalue weighted by Gasteiger charge is 2.34. The molecule has 0 aliphatic carbocycles. The number of alkyl halides is 3. The van der Waals surface area contributed by atoms with E-state index in [9.17, 15) is 13.2 Å². The first kappa shape index (κ1) is 19.9. The average molecular weight is 398 g/mol. The molecule has 2 aromatic rings. The molecule has 1 aliphatic heterocycles. The number of methoxy groups -OCH3 is 2. The Labute approximate surface area is 160 Å². The molecule has 0 radical (unpaired) electrons. The average Bonchev–Trinajstić information content (AvgIpc) is 2.72. The highest BCUT2D eigenvalue weighted by molar-refractivity contribution is 5.45. The number of nitrogens with zero attached hydrogens (tertiary/aromatic N) is 6. The molecule has 3 rings (SSSR count). The molecule has 28 heavy (non-hydrogen) atoms. The second kappa shape index (κ2) is 8.03. The molecule has 1 fully saturated rings. The van der Waals surface area contributed by atoms with Crippen LogP contribution in [0, 0.1) is 0 Å². The first-order valence-electron chi connectivity index (χ1n) is 8.67. The van der Waals surface area contributed by atoms with Crippen molar-refractivity contribution in [3.63, 3.8) is 0 Å². The van der Waals surface area contributed by atoms with Crippen molar-refractivity contribution in [2.75, 3.05) is 44.2 Å². The van der Waals surface area contributed by atoms with Crippen molar-refractivity contribution in [3.8, 4) is 11.9 Å². The van der Waals surface area contributed by atoms with Crippen LogP contribution in [0.1, 0.15) is 18.5 Å². The second-order valence-electron chi connectivity index (χ2n) is 6.35. The minimum absolute atomic E-state index is 0.0412. The van der Waals surface area contributed by atoms with Crippen molar-refractivity contribution in [2.45, 2.75) is 25.1 Å². The Kier molecular flexibility index (Phi) is 5.71. The number of halogens is 3. The summed E-state index contributed by atoms with van der Waals surface area (Å²) in [6.07, 6.45) is -1.75. The number of aromatic nitrogens is 4.